The molecule has 2 rings (SSSR count). The van der Waals surface area contributed by atoms with E-state index in [0.717, 1.165) is 6.29 Å². The molecule has 0 aliphatic carbocycles. The first-order valence-corrected chi connectivity index (χ1v) is 5.24. The Balaban J connectivity index is 1.93. The molecule has 0 bridgehead atoms. The van der Waals surface area contributed by atoms with E-state index in [1.807, 2.05) is 6.92 Å². The van der Waals surface area contributed by atoms with Gasteiger partial charge in [-0.25, -0.2) is 4.79 Å². The van der Waals surface area contributed by atoms with Gasteiger partial charge < -0.3 is 14.8 Å². The number of cyclic esters (lactones) is 1. The van der Waals surface area contributed by atoms with Crippen LogP contribution in [0.2, 0.25) is 0 Å². The molecule has 1 amide bonds. The number of amides is 1. The summed E-state index contributed by atoms with van der Waals surface area (Å²) in [7, 11) is 0. The summed E-state index contributed by atoms with van der Waals surface area (Å²) in [5.41, 5.74) is 0.0986. The number of alkyl carbamates (subject to hydrolysis) is 1. The molecule has 0 radical (unpaired) electrons. The van der Waals surface area contributed by atoms with E-state index in [9.17, 15) is 9.59 Å². The van der Waals surface area contributed by atoms with E-state index in [4.69, 9.17) is 9.47 Å². The molecule has 17 heavy (non-hydrogen) atoms. The van der Waals surface area contributed by atoms with Crippen LogP contribution in [-0.2, 0) is 4.74 Å². The van der Waals surface area contributed by atoms with E-state index in [1.54, 1.807) is 24.3 Å². The fourth-order valence-corrected chi connectivity index (χ4v) is 1.51. The van der Waals surface area contributed by atoms with Crippen molar-refractivity contribution in [2.24, 2.45) is 0 Å². The van der Waals surface area contributed by atoms with Crippen molar-refractivity contribution in [2.45, 2.75) is 12.5 Å². The Morgan fingerprint density at radius 2 is 2.18 bits per heavy atom. The smallest absolute Gasteiger partial charge is 0.407 e. The molecule has 1 atom stereocenters. The van der Waals surface area contributed by atoms with E-state index in [-0.39, 0.29) is 6.61 Å². The third-order valence-corrected chi connectivity index (χ3v) is 2.50. The largest absolute Gasteiger partial charge is 0.491 e. The number of aldehydes is 1. The molecular formula is C12H13NO4. The van der Waals surface area contributed by atoms with E-state index in [1.165, 1.54) is 0 Å². The Kier molecular flexibility index (Phi) is 2.99. The number of rotatable bonds is 4. The number of hydrogen-bond donors (Lipinski definition) is 1. The highest BCUT2D eigenvalue weighted by Crippen LogP contribution is 2.16. The van der Waals surface area contributed by atoms with Crippen LogP contribution < -0.4 is 10.1 Å². The standard InChI is InChI=1S/C12H13NO4/c1-12(8-17-11(15)13-12)7-16-10-4-2-9(6-14)3-5-10/h2-6H,7-8H2,1H3,(H,13,15)/t12-/m1/s1. The summed E-state index contributed by atoms with van der Waals surface area (Å²) >= 11 is 0. The van der Waals surface area contributed by atoms with Crippen LogP contribution >= 0.6 is 0 Å². The zero-order chi connectivity index (χ0) is 12.3. The fraction of sp³-hybridized carbons (Fsp3) is 0.333. The van der Waals surface area contributed by atoms with Crippen molar-refractivity contribution in [2.75, 3.05) is 13.2 Å². The van der Waals surface area contributed by atoms with Crippen molar-refractivity contribution in [3.63, 3.8) is 0 Å². The summed E-state index contributed by atoms with van der Waals surface area (Å²) in [6, 6.07) is 6.78. The van der Waals surface area contributed by atoms with Crippen molar-refractivity contribution in [1.82, 2.24) is 5.32 Å². The number of carbonyl (C=O) groups is 2. The zero-order valence-electron chi connectivity index (χ0n) is 9.43. The molecule has 1 aliphatic rings. The molecule has 1 aromatic rings. The molecule has 1 N–H and O–H groups in total. The monoisotopic (exact) mass is 235 g/mol. The van der Waals surface area contributed by atoms with Gasteiger partial charge in [-0.2, -0.15) is 0 Å². The number of benzene rings is 1. The maximum atomic E-state index is 10.9. The lowest BCUT2D eigenvalue weighted by molar-refractivity contribution is 0.112. The van der Waals surface area contributed by atoms with Gasteiger partial charge in [0.2, 0.25) is 0 Å². The molecule has 5 heteroatoms. The predicted molar refractivity (Wildman–Crippen MR) is 60.2 cm³/mol. The molecule has 1 saturated heterocycles. The summed E-state index contributed by atoms with van der Waals surface area (Å²) in [6.07, 6.45) is 0.350. The van der Waals surface area contributed by atoms with Crippen LogP contribution in [0.5, 0.6) is 5.75 Å². The Bertz CT molecular complexity index is 429. The Morgan fingerprint density at radius 3 is 2.71 bits per heavy atom. The topological polar surface area (TPSA) is 64.6 Å². The van der Waals surface area contributed by atoms with Crippen molar-refractivity contribution in [3.8, 4) is 5.75 Å². The molecule has 0 unspecified atom stereocenters. The molecule has 0 aromatic heterocycles. The van der Waals surface area contributed by atoms with Gasteiger partial charge in [-0.1, -0.05) is 0 Å². The van der Waals surface area contributed by atoms with E-state index in [0.29, 0.717) is 17.9 Å². The van der Waals surface area contributed by atoms with Gasteiger partial charge in [-0.15, -0.1) is 0 Å². The average molecular weight is 235 g/mol. The molecule has 5 nitrogen and oxygen atoms in total. The zero-order valence-corrected chi connectivity index (χ0v) is 9.43. The average Bonchev–Trinajstić information content (AvgIpc) is 2.68. The van der Waals surface area contributed by atoms with E-state index < -0.39 is 11.6 Å². The summed E-state index contributed by atoms with van der Waals surface area (Å²) in [4.78, 5) is 21.4. The number of nitrogens with one attached hydrogen (secondary N) is 1. The lowest BCUT2D eigenvalue weighted by Gasteiger charge is -2.21. The maximum Gasteiger partial charge on any atom is 0.407 e. The van der Waals surface area contributed by atoms with Gasteiger partial charge >= 0.3 is 6.09 Å². The molecule has 1 aliphatic heterocycles. The first kappa shape index (κ1) is 11.4. The predicted octanol–water partition coefficient (Wildman–Crippen LogP) is 1.38. The minimum absolute atomic E-state index is 0.290. The molecule has 1 fully saturated rings. The van der Waals surface area contributed by atoms with E-state index in [2.05, 4.69) is 5.32 Å². The SMILES string of the molecule is C[C@@]1(COc2ccc(C=O)cc2)COC(=O)N1. The van der Waals surface area contributed by atoms with Crippen LogP contribution in [0.3, 0.4) is 0 Å². The minimum atomic E-state index is -0.500. The first-order chi connectivity index (χ1) is 8.11. The van der Waals surface area contributed by atoms with Gasteiger partial charge in [-0.3, -0.25) is 4.79 Å². The van der Waals surface area contributed by atoms with Gasteiger partial charge in [-0.05, 0) is 31.2 Å². The van der Waals surface area contributed by atoms with Crippen molar-refractivity contribution in [1.29, 1.82) is 0 Å². The molecular weight excluding hydrogens is 222 g/mol. The Morgan fingerprint density at radius 1 is 1.47 bits per heavy atom. The lowest BCUT2D eigenvalue weighted by Crippen LogP contribution is -2.45. The molecule has 0 spiro atoms. The second-order valence-electron chi connectivity index (χ2n) is 4.24. The van der Waals surface area contributed by atoms with Gasteiger partial charge in [0.05, 0.1) is 0 Å². The fourth-order valence-electron chi connectivity index (χ4n) is 1.51. The van der Waals surface area contributed by atoms with Gasteiger partial charge in [0.25, 0.3) is 0 Å². The van der Waals surface area contributed by atoms with Crippen LogP contribution in [-0.4, -0.2) is 31.1 Å². The minimum Gasteiger partial charge on any atom is -0.491 e. The highest BCUT2D eigenvalue weighted by atomic mass is 16.6. The van der Waals surface area contributed by atoms with Crippen LogP contribution in [0.4, 0.5) is 4.79 Å². The van der Waals surface area contributed by atoms with Gasteiger partial charge in [0.15, 0.2) is 0 Å². The number of hydrogen-bond acceptors (Lipinski definition) is 4. The molecule has 90 valence electrons. The molecule has 1 heterocycles. The summed E-state index contributed by atoms with van der Waals surface area (Å²) in [5, 5.41) is 2.68. The lowest BCUT2D eigenvalue weighted by atomic mass is 10.1. The highest BCUT2D eigenvalue weighted by molar-refractivity contribution is 5.74. The van der Waals surface area contributed by atoms with Crippen LogP contribution in [0.15, 0.2) is 24.3 Å². The Labute approximate surface area is 98.7 Å². The van der Waals surface area contributed by atoms with E-state index >= 15 is 0 Å². The summed E-state index contributed by atoms with van der Waals surface area (Å²) < 4.78 is 10.3. The second kappa shape index (κ2) is 4.45. The van der Waals surface area contributed by atoms with Crippen LogP contribution in [0.25, 0.3) is 0 Å². The summed E-state index contributed by atoms with van der Waals surface area (Å²) in [6.45, 7) is 2.45. The quantitative estimate of drug-likeness (QED) is 0.801. The van der Waals surface area contributed by atoms with Gasteiger partial charge in [0.1, 0.15) is 30.8 Å². The normalized spacial score (nSPS) is 22.8. The second-order valence-corrected chi connectivity index (χ2v) is 4.24. The molecule has 1 aromatic carbocycles. The number of ether oxygens (including phenoxy) is 2. The maximum absolute atomic E-state index is 10.9. The van der Waals surface area contributed by atoms with Crippen molar-refractivity contribution < 1.29 is 19.1 Å². The van der Waals surface area contributed by atoms with Crippen molar-refractivity contribution in [3.05, 3.63) is 29.8 Å². The van der Waals surface area contributed by atoms with Gasteiger partial charge in [0, 0.05) is 5.56 Å². The van der Waals surface area contributed by atoms with Crippen LogP contribution in [0.1, 0.15) is 17.3 Å². The highest BCUT2D eigenvalue weighted by Gasteiger charge is 2.35. The van der Waals surface area contributed by atoms with Crippen molar-refractivity contribution >= 4 is 12.4 Å². The Hall–Kier alpha value is -2.04. The van der Waals surface area contributed by atoms with Crippen LogP contribution in [0, 0.1) is 0 Å². The molecule has 0 saturated carbocycles. The number of carbonyl (C=O) groups excluding carboxylic acids is 2. The first-order valence-electron chi connectivity index (χ1n) is 5.24. The third-order valence-electron chi connectivity index (χ3n) is 2.50. The third kappa shape index (κ3) is 2.75. The summed E-state index contributed by atoms with van der Waals surface area (Å²) in [5.74, 6) is 0.651.